The number of carbonyl (C=O) groups excluding carboxylic acids is 3. The second-order valence-electron chi connectivity index (χ2n) is 11.1. The fourth-order valence-corrected chi connectivity index (χ4v) is 5.54. The lowest BCUT2D eigenvalue weighted by Gasteiger charge is -2.25. The number of ketones is 2. The van der Waals surface area contributed by atoms with Gasteiger partial charge in [0.25, 0.3) is 0 Å². The molecule has 1 aliphatic rings. The Labute approximate surface area is 243 Å². The van der Waals surface area contributed by atoms with Gasteiger partial charge in [-0.1, -0.05) is 93.3 Å². The quantitative estimate of drug-likeness (QED) is 0.126. The number of carbonyl (C=O) groups is 3. The van der Waals surface area contributed by atoms with Crippen LogP contribution in [0.25, 0.3) is 0 Å². The van der Waals surface area contributed by atoms with Crippen molar-refractivity contribution >= 4 is 17.5 Å². The molecular weight excluding hydrogens is 526 g/mol. The van der Waals surface area contributed by atoms with Gasteiger partial charge in [0.2, 0.25) is 5.78 Å². The van der Waals surface area contributed by atoms with E-state index in [0.717, 1.165) is 30.4 Å². The monoisotopic (exact) mass is 570 g/mol. The molecule has 2 aromatic carbocycles. The minimum Gasteiger partial charge on any atom is -0.461 e. The summed E-state index contributed by atoms with van der Waals surface area (Å²) in [6.07, 6.45) is 4.48. The van der Waals surface area contributed by atoms with Crippen molar-refractivity contribution in [2.45, 2.75) is 109 Å². The number of esters is 1. The van der Waals surface area contributed by atoms with Crippen LogP contribution in [0.4, 0.5) is 8.78 Å². The first-order valence-electron chi connectivity index (χ1n) is 15.1. The zero-order chi connectivity index (χ0) is 29.5. The van der Waals surface area contributed by atoms with Gasteiger partial charge in [-0.15, -0.1) is 0 Å². The van der Waals surface area contributed by atoms with Crippen LogP contribution in [0.1, 0.15) is 95.1 Å². The maximum absolute atomic E-state index is 14.4. The Morgan fingerprint density at radius 2 is 1.46 bits per heavy atom. The minimum atomic E-state index is -3.32. The highest BCUT2D eigenvalue weighted by Crippen LogP contribution is 2.39. The molecule has 0 aliphatic heterocycles. The van der Waals surface area contributed by atoms with Crippen LogP contribution in [0.5, 0.6) is 0 Å². The van der Waals surface area contributed by atoms with E-state index in [2.05, 4.69) is 0 Å². The normalized spacial score (nSPS) is 18.9. The van der Waals surface area contributed by atoms with Gasteiger partial charge in [-0.25, -0.2) is 0 Å². The van der Waals surface area contributed by atoms with Crippen molar-refractivity contribution in [1.82, 2.24) is 0 Å². The molecule has 5 nitrogen and oxygen atoms in total. The fraction of sp³-hybridized carbons (Fsp3) is 0.559. The van der Waals surface area contributed by atoms with Gasteiger partial charge in [0, 0.05) is 31.6 Å². The Kier molecular flexibility index (Phi) is 13.6. The first kappa shape index (κ1) is 32.6. The Balaban J connectivity index is 1.47. The average Bonchev–Trinajstić information content (AvgIpc) is 3.28. The first-order chi connectivity index (χ1) is 19.8. The Morgan fingerprint density at radius 3 is 2.12 bits per heavy atom. The molecule has 2 aromatic rings. The summed E-state index contributed by atoms with van der Waals surface area (Å²) in [5, 5.41) is 0. The lowest BCUT2D eigenvalue weighted by molar-refractivity contribution is -0.145. The predicted molar refractivity (Wildman–Crippen MR) is 154 cm³/mol. The number of alkyl halides is 2. The number of hydrogen-bond acceptors (Lipinski definition) is 5. The Hall–Kier alpha value is -2.93. The van der Waals surface area contributed by atoms with E-state index in [1.54, 1.807) is 0 Å². The van der Waals surface area contributed by atoms with E-state index < -0.39 is 18.1 Å². The predicted octanol–water partition coefficient (Wildman–Crippen LogP) is 8.04. The van der Waals surface area contributed by atoms with E-state index in [1.165, 1.54) is 0 Å². The molecule has 0 N–H and O–H groups in total. The lowest BCUT2D eigenvalue weighted by Crippen LogP contribution is -2.31. The zero-order valence-electron chi connectivity index (χ0n) is 24.2. The third-order valence-electron chi connectivity index (χ3n) is 7.96. The van der Waals surface area contributed by atoms with Crippen LogP contribution in [-0.4, -0.2) is 29.6 Å². The standard InChI is InChI=1S/C34H44F2O5/c1-2-3-22-34(35,36)32(38)21-20-29-28(30(37)23-31(29)40-24-26-14-8-6-9-15-26)18-12-4-5-13-19-33(39)41-25-27-16-10-7-11-17-27/h6-11,14-17,28-29,31H,2-5,12-13,18-25H2,1H3/t28-,29-,31-/m1/s1. The molecule has 0 spiro atoms. The average molecular weight is 571 g/mol. The van der Waals surface area contributed by atoms with Gasteiger partial charge >= 0.3 is 11.9 Å². The number of Topliss-reactive ketones (excluding diaryl/α,β-unsaturated/α-hetero) is 2. The molecule has 3 atom stereocenters. The molecular formula is C34H44F2O5. The molecule has 1 aliphatic carbocycles. The van der Waals surface area contributed by atoms with Gasteiger partial charge in [-0.05, 0) is 42.7 Å². The minimum absolute atomic E-state index is 0.0859. The molecule has 0 unspecified atom stereocenters. The summed E-state index contributed by atoms with van der Waals surface area (Å²) in [5.74, 6) is -5.06. The molecule has 1 fully saturated rings. The smallest absolute Gasteiger partial charge is 0.306 e. The van der Waals surface area contributed by atoms with Crippen LogP contribution >= 0.6 is 0 Å². The number of halogens is 2. The van der Waals surface area contributed by atoms with Crippen LogP contribution < -0.4 is 0 Å². The molecule has 41 heavy (non-hydrogen) atoms. The maximum Gasteiger partial charge on any atom is 0.306 e. The molecule has 0 heterocycles. The number of hydrogen-bond donors (Lipinski definition) is 0. The van der Waals surface area contributed by atoms with E-state index in [-0.39, 0.29) is 55.6 Å². The second-order valence-corrected chi connectivity index (χ2v) is 11.1. The van der Waals surface area contributed by atoms with E-state index in [9.17, 15) is 23.2 Å². The van der Waals surface area contributed by atoms with E-state index in [0.29, 0.717) is 38.7 Å². The fourth-order valence-electron chi connectivity index (χ4n) is 5.54. The van der Waals surface area contributed by atoms with Crippen molar-refractivity contribution in [3.8, 4) is 0 Å². The maximum atomic E-state index is 14.4. The van der Waals surface area contributed by atoms with Crippen molar-refractivity contribution in [3.63, 3.8) is 0 Å². The summed E-state index contributed by atoms with van der Waals surface area (Å²) in [7, 11) is 0. The highest BCUT2D eigenvalue weighted by atomic mass is 19.3. The summed E-state index contributed by atoms with van der Waals surface area (Å²) in [6, 6.07) is 19.2. The highest BCUT2D eigenvalue weighted by molar-refractivity contribution is 5.86. The van der Waals surface area contributed by atoms with Crippen molar-refractivity contribution in [2.75, 3.05) is 0 Å². The molecule has 0 saturated heterocycles. The van der Waals surface area contributed by atoms with Crippen molar-refractivity contribution in [2.24, 2.45) is 11.8 Å². The zero-order valence-corrected chi connectivity index (χ0v) is 24.2. The van der Waals surface area contributed by atoms with Gasteiger partial charge in [0.05, 0.1) is 12.7 Å². The lowest BCUT2D eigenvalue weighted by atomic mass is 9.84. The Morgan fingerprint density at radius 1 is 0.829 bits per heavy atom. The van der Waals surface area contributed by atoms with E-state index >= 15 is 0 Å². The largest absolute Gasteiger partial charge is 0.461 e. The molecule has 0 amide bonds. The molecule has 3 rings (SSSR count). The topological polar surface area (TPSA) is 69.7 Å². The molecule has 1 saturated carbocycles. The van der Waals surface area contributed by atoms with Gasteiger partial charge in [0.15, 0.2) is 0 Å². The van der Waals surface area contributed by atoms with Gasteiger partial charge in [-0.2, -0.15) is 8.78 Å². The molecule has 0 radical (unpaired) electrons. The summed E-state index contributed by atoms with van der Waals surface area (Å²) < 4.78 is 40.2. The summed E-state index contributed by atoms with van der Waals surface area (Å²) in [5.41, 5.74) is 1.93. The van der Waals surface area contributed by atoms with Crippen molar-refractivity contribution in [1.29, 1.82) is 0 Å². The van der Waals surface area contributed by atoms with Crippen LogP contribution in [0.2, 0.25) is 0 Å². The SMILES string of the molecule is CCCCC(F)(F)C(=O)CC[C@H]1[C@H](OCc2ccccc2)CC(=O)[C@@H]1CCCCCCC(=O)OCc1ccccc1. The van der Waals surface area contributed by atoms with Crippen LogP contribution in [0, 0.1) is 11.8 Å². The molecule has 7 heteroatoms. The van der Waals surface area contributed by atoms with Gasteiger partial charge in [0.1, 0.15) is 12.4 Å². The van der Waals surface area contributed by atoms with Crippen molar-refractivity contribution < 1.29 is 32.6 Å². The van der Waals surface area contributed by atoms with Crippen LogP contribution in [0.15, 0.2) is 60.7 Å². The van der Waals surface area contributed by atoms with Gasteiger partial charge in [-0.3, -0.25) is 14.4 Å². The summed E-state index contributed by atoms with van der Waals surface area (Å²) in [6.45, 7) is 2.43. The highest BCUT2D eigenvalue weighted by Gasteiger charge is 2.44. The number of rotatable bonds is 19. The van der Waals surface area contributed by atoms with Gasteiger partial charge < -0.3 is 9.47 Å². The first-order valence-corrected chi connectivity index (χ1v) is 15.1. The Bertz CT molecular complexity index is 1070. The molecule has 224 valence electrons. The summed E-state index contributed by atoms with van der Waals surface area (Å²) >= 11 is 0. The summed E-state index contributed by atoms with van der Waals surface area (Å²) in [4.78, 5) is 37.5. The van der Waals surface area contributed by atoms with Crippen LogP contribution in [0.3, 0.4) is 0 Å². The third kappa shape index (κ3) is 11.1. The second kappa shape index (κ2) is 17.1. The number of unbranched alkanes of at least 4 members (excludes halogenated alkanes) is 4. The molecule has 0 bridgehead atoms. The van der Waals surface area contributed by atoms with E-state index in [1.807, 2.05) is 67.6 Å². The molecule has 0 aromatic heterocycles. The van der Waals surface area contributed by atoms with Crippen molar-refractivity contribution in [3.05, 3.63) is 71.8 Å². The van der Waals surface area contributed by atoms with Crippen LogP contribution in [-0.2, 0) is 37.1 Å². The number of ether oxygens (including phenoxy) is 2. The third-order valence-corrected chi connectivity index (χ3v) is 7.96. The number of benzene rings is 2. The van der Waals surface area contributed by atoms with E-state index in [4.69, 9.17) is 9.47 Å².